The molecule has 4 heterocycles. The number of carbonyl (C=O) groups excluding carboxylic acids is 2. The lowest BCUT2D eigenvalue weighted by Gasteiger charge is -2.46. The van der Waals surface area contributed by atoms with Gasteiger partial charge >= 0.3 is 7.12 Å². The first-order valence-corrected chi connectivity index (χ1v) is 14.6. The molecule has 4 aliphatic heterocycles. The molecule has 1 aromatic rings. The first kappa shape index (κ1) is 26.3. The van der Waals surface area contributed by atoms with Gasteiger partial charge in [0.15, 0.2) is 0 Å². The van der Waals surface area contributed by atoms with E-state index >= 15 is 0 Å². The molecule has 4 fully saturated rings. The number of carbonyl (C=O) groups is 2. The number of hydrogen-bond donors (Lipinski definition) is 0. The Morgan fingerprint density at radius 3 is 2.11 bits per heavy atom. The number of likely N-dealkylation sites (tertiary alicyclic amines) is 2. The summed E-state index contributed by atoms with van der Waals surface area (Å²) in [7, 11) is -0.459. The molecule has 5 aliphatic rings. The van der Waals surface area contributed by atoms with Crippen molar-refractivity contribution in [2.45, 2.75) is 109 Å². The number of rotatable bonds is 3. The molecule has 8 heteroatoms. The second-order valence-corrected chi connectivity index (χ2v) is 14.3. The average Bonchev–Trinajstić information content (AvgIpc) is 3.36. The number of benzene rings is 1. The number of amides is 2. The average molecular weight is 522 g/mol. The zero-order valence-corrected chi connectivity index (χ0v) is 24.3. The van der Waals surface area contributed by atoms with Gasteiger partial charge in [-0.3, -0.25) is 14.5 Å². The number of fused-ring (bicyclic) bond motifs is 2. The molecule has 1 aromatic carbocycles. The Kier molecular flexibility index (Phi) is 5.93. The molecule has 38 heavy (non-hydrogen) atoms. The maximum absolute atomic E-state index is 14.4. The minimum atomic E-state index is -0.545. The third-order valence-corrected chi connectivity index (χ3v) is 10.7. The Hall–Kier alpha value is -1.90. The molecule has 2 amide bonds. The van der Waals surface area contributed by atoms with Crippen molar-refractivity contribution in [3.8, 4) is 0 Å². The van der Waals surface area contributed by atoms with Crippen LogP contribution in [0.5, 0.6) is 0 Å². The SMILES string of the molecule is CC(=O)N1CCC2(CC1)C(=O)N(C1CC(N3CCC(C)(C)C3)C1)c1cc(B3OC(C)(C)C(C)(C)O3)ccc12. The van der Waals surface area contributed by atoms with Crippen LogP contribution < -0.4 is 10.4 Å². The molecule has 0 bridgehead atoms. The number of hydrogen-bond acceptors (Lipinski definition) is 5. The van der Waals surface area contributed by atoms with Crippen molar-refractivity contribution in [3.05, 3.63) is 23.8 Å². The van der Waals surface area contributed by atoms with Crippen LogP contribution >= 0.6 is 0 Å². The smallest absolute Gasteiger partial charge is 0.399 e. The molecule has 1 spiro atoms. The van der Waals surface area contributed by atoms with Gasteiger partial charge in [-0.1, -0.05) is 26.0 Å². The summed E-state index contributed by atoms with van der Waals surface area (Å²) >= 11 is 0. The number of nitrogens with zero attached hydrogens (tertiary/aromatic N) is 3. The zero-order chi connectivity index (χ0) is 27.3. The second-order valence-electron chi connectivity index (χ2n) is 14.3. The van der Waals surface area contributed by atoms with Gasteiger partial charge in [-0.2, -0.15) is 0 Å². The highest BCUT2D eigenvalue weighted by molar-refractivity contribution is 6.62. The van der Waals surface area contributed by atoms with Crippen molar-refractivity contribution in [2.24, 2.45) is 5.41 Å². The lowest BCUT2D eigenvalue weighted by molar-refractivity contribution is -0.134. The lowest BCUT2D eigenvalue weighted by Crippen LogP contribution is -2.57. The first-order chi connectivity index (χ1) is 17.7. The van der Waals surface area contributed by atoms with Crippen LogP contribution in [0.15, 0.2) is 18.2 Å². The molecular weight excluding hydrogens is 477 g/mol. The van der Waals surface area contributed by atoms with E-state index < -0.39 is 23.7 Å². The van der Waals surface area contributed by atoms with Crippen molar-refractivity contribution in [2.75, 3.05) is 31.1 Å². The van der Waals surface area contributed by atoms with Crippen molar-refractivity contribution < 1.29 is 18.9 Å². The maximum Gasteiger partial charge on any atom is 0.494 e. The molecule has 0 N–H and O–H groups in total. The molecule has 0 aromatic heterocycles. The van der Waals surface area contributed by atoms with Crippen molar-refractivity contribution in [1.29, 1.82) is 0 Å². The molecule has 0 atom stereocenters. The molecule has 6 rings (SSSR count). The standard InChI is InChI=1S/C30H44BN3O4/c1-20(35)32-14-11-30(12-15-32)24-9-8-21(31-37-28(4,5)29(6,7)38-31)16-25(24)34(26(30)36)23-17-22(18-23)33-13-10-27(2,3)19-33/h8-9,16,22-23H,10-15,17-19H2,1-7H3. The Morgan fingerprint density at radius 2 is 1.55 bits per heavy atom. The molecular formula is C30H44BN3O4. The Balaban J connectivity index is 1.30. The van der Waals surface area contributed by atoms with Crippen LogP contribution in [-0.2, 0) is 24.3 Å². The molecule has 0 unspecified atom stereocenters. The van der Waals surface area contributed by atoms with Gasteiger partial charge in [0.1, 0.15) is 0 Å². The normalized spacial score (nSPS) is 31.1. The van der Waals surface area contributed by atoms with E-state index in [2.05, 4.69) is 69.5 Å². The second kappa shape index (κ2) is 8.55. The summed E-state index contributed by atoms with van der Waals surface area (Å²) in [6, 6.07) is 7.17. The Bertz CT molecular complexity index is 1130. The van der Waals surface area contributed by atoms with Gasteiger partial charge in [-0.05, 0) is 88.9 Å². The summed E-state index contributed by atoms with van der Waals surface area (Å²) in [6.45, 7) is 18.2. The van der Waals surface area contributed by atoms with Gasteiger partial charge in [-0.25, -0.2) is 0 Å². The topological polar surface area (TPSA) is 62.3 Å². The summed E-state index contributed by atoms with van der Waals surface area (Å²) in [5.74, 6) is 0.320. The summed E-state index contributed by atoms with van der Waals surface area (Å²) in [5.41, 5.74) is 2.12. The molecule has 0 radical (unpaired) electrons. The van der Waals surface area contributed by atoms with E-state index in [4.69, 9.17) is 9.31 Å². The molecule has 3 saturated heterocycles. The van der Waals surface area contributed by atoms with Crippen molar-refractivity contribution in [3.63, 3.8) is 0 Å². The third-order valence-electron chi connectivity index (χ3n) is 10.7. The molecule has 1 saturated carbocycles. The van der Waals surface area contributed by atoms with Crippen LogP contribution in [0.4, 0.5) is 5.69 Å². The highest BCUT2D eigenvalue weighted by Gasteiger charge is 2.57. The number of piperidine rings is 1. The van der Waals surface area contributed by atoms with Crippen LogP contribution in [0.3, 0.4) is 0 Å². The van der Waals surface area contributed by atoms with E-state index in [9.17, 15) is 9.59 Å². The van der Waals surface area contributed by atoms with E-state index in [1.807, 2.05) is 4.90 Å². The van der Waals surface area contributed by atoms with E-state index in [1.54, 1.807) is 6.92 Å². The minimum absolute atomic E-state index is 0.0915. The monoisotopic (exact) mass is 521 g/mol. The van der Waals surface area contributed by atoms with Crippen molar-refractivity contribution >= 4 is 30.1 Å². The maximum atomic E-state index is 14.4. The van der Waals surface area contributed by atoms with Crippen molar-refractivity contribution in [1.82, 2.24) is 9.80 Å². The van der Waals surface area contributed by atoms with Crippen LogP contribution in [0.2, 0.25) is 0 Å². The van der Waals surface area contributed by atoms with E-state index in [-0.39, 0.29) is 17.9 Å². The highest BCUT2D eigenvalue weighted by Crippen LogP contribution is 2.51. The summed E-state index contributed by atoms with van der Waals surface area (Å²) < 4.78 is 12.8. The predicted molar refractivity (Wildman–Crippen MR) is 150 cm³/mol. The van der Waals surface area contributed by atoms with Gasteiger partial charge in [0, 0.05) is 44.3 Å². The minimum Gasteiger partial charge on any atom is -0.399 e. The van der Waals surface area contributed by atoms with Gasteiger partial charge < -0.3 is 19.1 Å². The predicted octanol–water partition coefficient (Wildman–Crippen LogP) is 3.48. The summed E-state index contributed by atoms with van der Waals surface area (Å²) in [6.07, 6.45) is 4.66. The van der Waals surface area contributed by atoms with Crippen LogP contribution in [0, 0.1) is 5.41 Å². The molecule has 1 aliphatic carbocycles. The fourth-order valence-corrected chi connectivity index (χ4v) is 7.32. The quantitative estimate of drug-likeness (QED) is 0.571. The Morgan fingerprint density at radius 1 is 0.921 bits per heavy atom. The summed E-state index contributed by atoms with van der Waals surface area (Å²) in [4.78, 5) is 33.1. The summed E-state index contributed by atoms with van der Waals surface area (Å²) in [5, 5.41) is 0. The van der Waals surface area contributed by atoms with Crippen LogP contribution in [0.1, 0.15) is 86.1 Å². The third kappa shape index (κ3) is 3.96. The van der Waals surface area contributed by atoms with E-state index in [0.717, 1.165) is 42.6 Å². The van der Waals surface area contributed by atoms with Gasteiger partial charge in [0.2, 0.25) is 11.8 Å². The highest BCUT2D eigenvalue weighted by atomic mass is 16.7. The number of anilines is 1. The first-order valence-electron chi connectivity index (χ1n) is 14.6. The van der Waals surface area contributed by atoms with Gasteiger partial charge in [-0.15, -0.1) is 0 Å². The molecule has 7 nitrogen and oxygen atoms in total. The van der Waals surface area contributed by atoms with Crippen LogP contribution in [-0.4, -0.2) is 78.2 Å². The zero-order valence-electron chi connectivity index (χ0n) is 24.3. The largest absolute Gasteiger partial charge is 0.494 e. The fourth-order valence-electron chi connectivity index (χ4n) is 7.32. The van der Waals surface area contributed by atoms with E-state index in [1.165, 1.54) is 6.42 Å². The lowest BCUT2D eigenvalue weighted by atomic mass is 9.71. The van der Waals surface area contributed by atoms with Gasteiger partial charge in [0.05, 0.1) is 16.6 Å². The molecule has 206 valence electrons. The van der Waals surface area contributed by atoms with E-state index in [0.29, 0.717) is 37.4 Å². The van der Waals surface area contributed by atoms with Gasteiger partial charge in [0.25, 0.3) is 0 Å². The van der Waals surface area contributed by atoms with Crippen LogP contribution in [0.25, 0.3) is 0 Å². The fraction of sp³-hybridized carbons (Fsp3) is 0.733. The Labute approximate surface area is 228 Å².